The van der Waals surface area contributed by atoms with Gasteiger partial charge in [-0.2, -0.15) is 5.26 Å². The van der Waals surface area contributed by atoms with Gasteiger partial charge < -0.3 is 4.90 Å². The van der Waals surface area contributed by atoms with Crippen molar-refractivity contribution in [3.8, 4) is 6.07 Å². The van der Waals surface area contributed by atoms with Crippen LogP contribution in [0.5, 0.6) is 0 Å². The van der Waals surface area contributed by atoms with Crippen LogP contribution < -0.4 is 4.90 Å². The van der Waals surface area contributed by atoms with Gasteiger partial charge in [-0.3, -0.25) is 10.1 Å². The minimum absolute atomic E-state index is 0.0746. The molecule has 0 aliphatic rings. The molecule has 0 saturated heterocycles. The number of nitrogens with zero attached hydrogens (tertiary/aromatic N) is 3. The van der Waals surface area contributed by atoms with E-state index in [2.05, 4.69) is 0 Å². The zero-order valence-electron chi connectivity index (χ0n) is 11.0. The molecule has 0 fully saturated rings. The van der Waals surface area contributed by atoms with E-state index in [1.807, 2.05) is 48.2 Å². The van der Waals surface area contributed by atoms with E-state index in [9.17, 15) is 15.4 Å². The second kappa shape index (κ2) is 5.85. The fraction of sp³-hybridized carbons (Fsp3) is 0.133. The van der Waals surface area contributed by atoms with Crippen LogP contribution in [0.4, 0.5) is 17.1 Å². The SMILES string of the molecule is CCN(c1ccccc1)c1ccc([N+](=O)[O-])cc1C#N. The highest BCUT2D eigenvalue weighted by Crippen LogP contribution is 2.30. The van der Waals surface area contributed by atoms with Crippen LogP contribution in [0, 0.1) is 21.4 Å². The van der Waals surface area contributed by atoms with Gasteiger partial charge in [0.15, 0.2) is 0 Å². The van der Waals surface area contributed by atoms with Gasteiger partial charge in [-0.05, 0) is 25.1 Å². The summed E-state index contributed by atoms with van der Waals surface area (Å²) in [5, 5.41) is 20.0. The van der Waals surface area contributed by atoms with Crippen molar-refractivity contribution in [2.75, 3.05) is 11.4 Å². The Labute approximate surface area is 116 Å². The molecular weight excluding hydrogens is 254 g/mol. The summed E-state index contributed by atoms with van der Waals surface area (Å²) < 4.78 is 0. The summed E-state index contributed by atoms with van der Waals surface area (Å²) in [6, 6.07) is 16.0. The number of nitriles is 1. The predicted molar refractivity (Wildman–Crippen MR) is 76.9 cm³/mol. The van der Waals surface area contributed by atoms with E-state index in [-0.39, 0.29) is 5.69 Å². The summed E-state index contributed by atoms with van der Waals surface area (Å²) in [7, 11) is 0. The van der Waals surface area contributed by atoms with Crippen molar-refractivity contribution < 1.29 is 4.92 Å². The van der Waals surface area contributed by atoms with E-state index < -0.39 is 4.92 Å². The Morgan fingerprint density at radius 2 is 1.95 bits per heavy atom. The molecule has 0 spiro atoms. The molecule has 0 bridgehead atoms. The molecular formula is C15H13N3O2. The summed E-state index contributed by atoms with van der Waals surface area (Å²) in [5.74, 6) is 0. The molecule has 0 saturated carbocycles. The van der Waals surface area contributed by atoms with E-state index in [0.717, 1.165) is 5.69 Å². The van der Waals surface area contributed by atoms with Gasteiger partial charge in [-0.15, -0.1) is 0 Å². The molecule has 0 unspecified atom stereocenters. The topological polar surface area (TPSA) is 70.2 Å². The minimum atomic E-state index is -0.497. The Balaban J connectivity index is 2.51. The van der Waals surface area contributed by atoms with Gasteiger partial charge in [0, 0.05) is 24.4 Å². The van der Waals surface area contributed by atoms with Crippen LogP contribution in [0.2, 0.25) is 0 Å². The molecule has 0 heterocycles. The average Bonchev–Trinajstić information content (AvgIpc) is 2.49. The Hall–Kier alpha value is -2.87. The van der Waals surface area contributed by atoms with Crippen molar-refractivity contribution >= 4 is 17.1 Å². The van der Waals surface area contributed by atoms with Crippen LogP contribution in [-0.2, 0) is 0 Å². The van der Waals surface area contributed by atoms with Crippen molar-refractivity contribution in [3.63, 3.8) is 0 Å². The van der Waals surface area contributed by atoms with Gasteiger partial charge in [-0.25, -0.2) is 0 Å². The first-order valence-corrected chi connectivity index (χ1v) is 6.18. The van der Waals surface area contributed by atoms with Crippen LogP contribution in [0.1, 0.15) is 12.5 Å². The molecule has 0 radical (unpaired) electrons. The Morgan fingerprint density at radius 3 is 2.50 bits per heavy atom. The molecule has 2 aromatic rings. The molecule has 5 nitrogen and oxygen atoms in total. The number of anilines is 2. The molecule has 0 aliphatic heterocycles. The number of non-ortho nitro benzene ring substituents is 1. The lowest BCUT2D eigenvalue weighted by molar-refractivity contribution is -0.384. The summed E-state index contributed by atoms with van der Waals surface area (Å²) in [5.41, 5.74) is 1.84. The summed E-state index contributed by atoms with van der Waals surface area (Å²) in [4.78, 5) is 12.2. The standard InChI is InChI=1S/C15H13N3O2/c1-2-17(13-6-4-3-5-7-13)15-9-8-14(18(19)20)10-12(15)11-16/h3-10H,2H2,1H3. The highest BCUT2D eigenvalue weighted by Gasteiger charge is 2.15. The maximum absolute atomic E-state index is 10.8. The highest BCUT2D eigenvalue weighted by atomic mass is 16.6. The van der Waals surface area contributed by atoms with Crippen LogP contribution in [0.3, 0.4) is 0 Å². The quantitative estimate of drug-likeness (QED) is 0.626. The first-order valence-electron chi connectivity index (χ1n) is 6.18. The van der Waals surface area contributed by atoms with Crippen LogP contribution in [0.15, 0.2) is 48.5 Å². The fourth-order valence-corrected chi connectivity index (χ4v) is 2.06. The first-order chi connectivity index (χ1) is 9.67. The van der Waals surface area contributed by atoms with Crippen molar-refractivity contribution in [1.82, 2.24) is 0 Å². The molecule has 2 aromatic carbocycles. The maximum Gasteiger partial charge on any atom is 0.270 e. The van der Waals surface area contributed by atoms with Gasteiger partial charge in [-0.1, -0.05) is 18.2 Å². The van der Waals surface area contributed by atoms with Gasteiger partial charge in [0.2, 0.25) is 0 Å². The second-order valence-corrected chi connectivity index (χ2v) is 4.15. The molecule has 0 atom stereocenters. The number of para-hydroxylation sites is 1. The third kappa shape index (κ3) is 2.59. The zero-order chi connectivity index (χ0) is 14.5. The minimum Gasteiger partial charge on any atom is -0.341 e. The Kier molecular flexibility index (Phi) is 3.96. The lowest BCUT2D eigenvalue weighted by atomic mass is 10.1. The van der Waals surface area contributed by atoms with E-state index in [1.54, 1.807) is 6.07 Å². The Bertz CT molecular complexity index is 663. The van der Waals surface area contributed by atoms with Crippen molar-refractivity contribution in [3.05, 3.63) is 64.2 Å². The predicted octanol–water partition coefficient (Wildman–Crippen LogP) is 3.62. The molecule has 5 heteroatoms. The zero-order valence-corrected chi connectivity index (χ0v) is 11.0. The van der Waals surface area contributed by atoms with Crippen molar-refractivity contribution in [1.29, 1.82) is 5.26 Å². The lowest BCUT2D eigenvalue weighted by Gasteiger charge is -2.24. The van der Waals surface area contributed by atoms with Gasteiger partial charge in [0.25, 0.3) is 5.69 Å². The summed E-state index contributed by atoms with van der Waals surface area (Å²) in [6.07, 6.45) is 0. The number of nitro benzene ring substituents is 1. The number of hydrogen-bond acceptors (Lipinski definition) is 4. The van der Waals surface area contributed by atoms with Gasteiger partial charge >= 0.3 is 0 Å². The van der Waals surface area contributed by atoms with Crippen LogP contribution in [-0.4, -0.2) is 11.5 Å². The molecule has 2 rings (SSSR count). The highest BCUT2D eigenvalue weighted by molar-refractivity contribution is 5.70. The van der Waals surface area contributed by atoms with E-state index >= 15 is 0 Å². The molecule has 100 valence electrons. The number of hydrogen-bond donors (Lipinski definition) is 0. The number of nitro groups is 1. The van der Waals surface area contributed by atoms with Gasteiger partial charge in [0.1, 0.15) is 6.07 Å². The molecule has 0 aromatic heterocycles. The third-order valence-electron chi connectivity index (χ3n) is 2.99. The van der Waals surface area contributed by atoms with E-state index in [1.165, 1.54) is 12.1 Å². The third-order valence-corrected chi connectivity index (χ3v) is 2.99. The van der Waals surface area contributed by atoms with E-state index in [4.69, 9.17) is 0 Å². The maximum atomic E-state index is 10.8. The number of rotatable bonds is 4. The molecule has 0 aliphatic carbocycles. The summed E-state index contributed by atoms with van der Waals surface area (Å²) >= 11 is 0. The van der Waals surface area contributed by atoms with Crippen LogP contribution in [0.25, 0.3) is 0 Å². The second-order valence-electron chi connectivity index (χ2n) is 4.15. The largest absolute Gasteiger partial charge is 0.341 e. The van der Waals surface area contributed by atoms with Gasteiger partial charge in [0.05, 0.1) is 16.2 Å². The molecule has 0 N–H and O–H groups in total. The molecule has 20 heavy (non-hydrogen) atoms. The van der Waals surface area contributed by atoms with Crippen molar-refractivity contribution in [2.45, 2.75) is 6.92 Å². The average molecular weight is 267 g/mol. The normalized spacial score (nSPS) is 9.80. The molecule has 0 amide bonds. The summed E-state index contributed by atoms with van der Waals surface area (Å²) in [6.45, 7) is 2.63. The first kappa shape index (κ1) is 13.6. The Morgan fingerprint density at radius 1 is 1.25 bits per heavy atom. The van der Waals surface area contributed by atoms with Crippen LogP contribution >= 0.6 is 0 Å². The fourth-order valence-electron chi connectivity index (χ4n) is 2.06. The number of benzene rings is 2. The van der Waals surface area contributed by atoms with E-state index in [0.29, 0.717) is 17.8 Å². The smallest absolute Gasteiger partial charge is 0.270 e. The lowest BCUT2D eigenvalue weighted by Crippen LogP contribution is -2.17. The van der Waals surface area contributed by atoms with Crippen molar-refractivity contribution in [2.24, 2.45) is 0 Å². The monoisotopic (exact) mass is 267 g/mol.